The fraction of sp³-hybridized carbons (Fsp3) is 0.529. The first-order valence-electron chi connectivity index (χ1n) is 8.45. The first-order valence-corrected chi connectivity index (χ1v) is 8.45. The van der Waals surface area contributed by atoms with Crippen LogP contribution in [0.3, 0.4) is 0 Å². The summed E-state index contributed by atoms with van der Waals surface area (Å²) in [5, 5.41) is 3.79. The van der Waals surface area contributed by atoms with E-state index in [0.717, 1.165) is 43.7 Å². The molecule has 0 spiro atoms. The molecular formula is C17H20N4O3. The Morgan fingerprint density at radius 2 is 2.17 bits per heavy atom. The SMILES string of the molecule is Cc1cc(C(=O)N2CCCC(c3cc(=O)nc4n3CCC4)C2)on1. The molecule has 0 saturated carbocycles. The number of rotatable bonds is 2. The van der Waals surface area contributed by atoms with Gasteiger partial charge in [-0.1, -0.05) is 5.16 Å². The van der Waals surface area contributed by atoms with E-state index in [1.807, 2.05) is 0 Å². The molecule has 1 atom stereocenters. The zero-order valence-electron chi connectivity index (χ0n) is 13.7. The fourth-order valence-corrected chi connectivity index (χ4v) is 3.78. The van der Waals surface area contributed by atoms with E-state index >= 15 is 0 Å². The van der Waals surface area contributed by atoms with E-state index in [4.69, 9.17) is 4.52 Å². The summed E-state index contributed by atoms with van der Waals surface area (Å²) in [7, 11) is 0. The molecule has 126 valence electrons. The Balaban J connectivity index is 1.60. The van der Waals surface area contributed by atoms with Crippen molar-refractivity contribution in [1.29, 1.82) is 0 Å². The van der Waals surface area contributed by atoms with Gasteiger partial charge in [0.2, 0.25) is 5.76 Å². The second-order valence-electron chi connectivity index (χ2n) is 6.61. The quantitative estimate of drug-likeness (QED) is 0.834. The normalized spacial score (nSPS) is 20.2. The first kappa shape index (κ1) is 15.1. The standard InChI is InChI=1S/C17H20N4O3/c1-11-8-14(24-19-11)17(23)20-6-2-4-12(10-20)13-9-16(22)18-15-5-3-7-21(13)15/h8-9,12H,2-7,10H2,1H3. The Morgan fingerprint density at radius 3 is 2.96 bits per heavy atom. The number of aromatic nitrogens is 3. The van der Waals surface area contributed by atoms with Gasteiger partial charge in [-0.2, -0.15) is 4.98 Å². The van der Waals surface area contributed by atoms with Gasteiger partial charge in [-0.15, -0.1) is 0 Å². The number of amides is 1. The minimum Gasteiger partial charge on any atom is -0.351 e. The van der Waals surface area contributed by atoms with Gasteiger partial charge in [-0.3, -0.25) is 9.59 Å². The van der Waals surface area contributed by atoms with E-state index in [1.54, 1.807) is 24.0 Å². The zero-order valence-corrected chi connectivity index (χ0v) is 13.7. The molecule has 0 radical (unpaired) electrons. The van der Waals surface area contributed by atoms with Crippen molar-refractivity contribution in [2.75, 3.05) is 13.1 Å². The minimum absolute atomic E-state index is 0.127. The van der Waals surface area contributed by atoms with Crippen LogP contribution in [0.25, 0.3) is 0 Å². The smallest absolute Gasteiger partial charge is 0.292 e. The Labute approximate surface area is 139 Å². The molecule has 1 fully saturated rings. The summed E-state index contributed by atoms with van der Waals surface area (Å²) in [5.41, 5.74) is 1.55. The van der Waals surface area contributed by atoms with Gasteiger partial charge >= 0.3 is 0 Å². The maximum atomic E-state index is 12.6. The van der Waals surface area contributed by atoms with E-state index in [0.29, 0.717) is 18.8 Å². The van der Waals surface area contributed by atoms with Crippen LogP contribution in [-0.4, -0.2) is 38.6 Å². The molecule has 0 bridgehead atoms. The summed E-state index contributed by atoms with van der Waals surface area (Å²) in [6, 6.07) is 3.31. The van der Waals surface area contributed by atoms with Gasteiger partial charge in [0.15, 0.2) is 0 Å². The van der Waals surface area contributed by atoms with Crippen molar-refractivity contribution in [2.24, 2.45) is 0 Å². The lowest BCUT2D eigenvalue weighted by molar-refractivity contribution is 0.0662. The highest BCUT2D eigenvalue weighted by Gasteiger charge is 2.30. The van der Waals surface area contributed by atoms with E-state index in [-0.39, 0.29) is 23.1 Å². The molecule has 2 aromatic heterocycles. The average molecular weight is 328 g/mol. The summed E-state index contributed by atoms with van der Waals surface area (Å²) in [5.74, 6) is 1.20. The van der Waals surface area contributed by atoms with Crippen LogP contribution in [0.1, 0.15) is 52.9 Å². The predicted molar refractivity (Wildman–Crippen MR) is 85.9 cm³/mol. The number of hydrogen-bond donors (Lipinski definition) is 0. The molecule has 0 aliphatic carbocycles. The Kier molecular flexibility index (Phi) is 3.70. The van der Waals surface area contributed by atoms with E-state index in [2.05, 4.69) is 14.7 Å². The van der Waals surface area contributed by atoms with Crippen LogP contribution in [-0.2, 0) is 13.0 Å². The lowest BCUT2D eigenvalue weighted by Crippen LogP contribution is -2.40. The monoisotopic (exact) mass is 328 g/mol. The van der Waals surface area contributed by atoms with E-state index < -0.39 is 0 Å². The van der Waals surface area contributed by atoms with Crippen molar-refractivity contribution in [3.63, 3.8) is 0 Å². The lowest BCUT2D eigenvalue weighted by Gasteiger charge is -2.33. The molecule has 2 aliphatic heterocycles. The van der Waals surface area contributed by atoms with Crippen LogP contribution in [0.2, 0.25) is 0 Å². The average Bonchev–Trinajstić information content (AvgIpc) is 3.22. The van der Waals surface area contributed by atoms with Crippen molar-refractivity contribution in [1.82, 2.24) is 19.6 Å². The van der Waals surface area contributed by atoms with Crippen LogP contribution in [0.4, 0.5) is 0 Å². The summed E-state index contributed by atoms with van der Waals surface area (Å²) in [4.78, 5) is 30.4. The van der Waals surface area contributed by atoms with Gasteiger partial charge in [-0.25, -0.2) is 0 Å². The number of hydrogen-bond acceptors (Lipinski definition) is 5. The molecule has 1 amide bonds. The topological polar surface area (TPSA) is 81.2 Å². The highest BCUT2D eigenvalue weighted by molar-refractivity contribution is 5.91. The van der Waals surface area contributed by atoms with Gasteiger partial charge in [0, 0.05) is 49.8 Å². The van der Waals surface area contributed by atoms with Crippen molar-refractivity contribution in [3.8, 4) is 0 Å². The van der Waals surface area contributed by atoms with Crippen LogP contribution >= 0.6 is 0 Å². The van der Waals surface area contributed by atoms with Crippen molar-refractivity contribution in [3.05, 3.63) is 45.5 Å². The van der Waals surface area contributed by atoms with E-state index in [9.17, 15) is 9.59 Å². The highest BCUT2D eigenvalue weighted by atomic mass is 16.5. The number of piperidine rings is 1. The number of nitrogens with zero attached hydrogens (tertiary/aromatic N) is 4. The molecule has 1 saturated heterocycles. The van der Waals surface area contributed by atoms with E-state index in [1.165, 1.54) is 0 Å². The molecule has 0 aromatic carbocycles. The third-order valence-electron chi connectivity index (χ3n) is 4.88. The maximum absolute atomic E-state index is 12.6. The Morgan fingerprint density at radius 1 is 1.29 bits per heavy atom. The molecule has 4 heterocycles. The third-order valence-corrected chi connectivity index (χ3v) is 4.88. The second-order valence-corrected chi connectivity index (χ2v) is 6.61. The van der Waals surface area contributed by atoms with Crippen LogP contribution in [0.5, 0.6) is 0 Å². The predicted octanol–water partition coefficient (Wildman–Crippen LogP) is 1.51. The Hall–Kier alpha value is -2.44. The maximum Gasteiger partial charge on any atom is 0.292 e. The molecule has 7 nitrogen and oxygen atoms in total. The molecule has 4 rings (SSSR count). The molecule has 2 aromatic rings. The zero-order chi connectivity index (χ0) is 16.7. The van der Waals surface area contributed by atoms with Gasteiger partial charge in [0.05, 0.1) is 5.69 Å². The lowest BCUT2D eigenvalue weighted by atomic mass is 9.94. The molecule has 1 unspecified atom stereocenters. The highest BCUT2D eigenvalue weighted by Crippen LogP contribution is 2.29. The molecule has 24 heavy (non-hydrogen) atoms. The number of carbonyl (C=O) groups is 1. The fourth-order valence-electron chi connectivity index (χ4n) is 3.78. The summed E-state index contributed by atoms with van der Waals surface area (Å²) < 4.78 is 7.27. The molecular weight excluding hydrogens is 308 g/mol. The number of fused-ring (bicyclic) bond motifs is 1. The van der Waals surface area contributed by atoms with Gasteiger partial charge in [0.1, 0.15) is 5.82 Å². The molecule has 7 heteroatoms. The summed E-state index contributed by atoms with van der Waals surface area (Å²) >= 11 is 0. The third kappa shape index (κ3) is 2.64. The van der Waals surface area contributed by atoms with Gasteiger partial charge in [0.25, 0.3) is 11.5 Å². The number of aryl methyl sites for hydroxylation is 2. The van der Waals surface area contributed by atoms with Crippen LogP contribution in [0.15, 0.2) is 21.5 Å². The number of carbonyl (C=O) groups excluding carboxylic acids is 1. The van der Waals surface area contributed by atoms with Crippen LogP contribution in [0, 0.1) is 6.92 Å². The second kappa shape index (κ2) is 5.89. The minimum atomic E-state index is -0.174. The first-order chi connectivity index (χ1) is 11.6. The van der Waals surface area contributed by atoms with Crippen molar-refractivity contribution < 1.29 is 9.32 Å². The number of likely N-dealkylation sites (tertiary alicyclic amines) is 1. The van der Waals surface area contributed by atoms with Crippen molar-refractivity contribution >= 4 is 5.91 Å². The Bertz CT molecular complexity index is 839. The summed E-state index contributed by atoms with van der Waals surface area (Å²) in [6.45, 7) is 4.01. The molecule has 0 N–H and O–H groups in total. The summed E-state index contributed by atoms with van der Waals surface area (Å²) in [6.07, 6.45) is 3.77. The molecule has 2 aliphatic rings. The van der Waals surface area contributed by atoms with Crippen molar-refractivity contribution in [2.45, 2.75) is 45.1 Å². The largest absolute Gasteiger partial charge is 0.351 e. The van der Waals surface area contributed by atoms with Crippen LogP contribution < -0.4 is 5.56 Å². The van der Waals surface area contributed by atoms with Gasteiger partial charge < -0.3 is 14.0 Å². The van der Waals surface area contributed by atoms with Gasteiger partial charge in [-0.05, 0) is 26.2 Å².